The number of rotatable bonds is 5. The Morgan fingerprint density at radius 1 is 0.708 bits per heavy atom. The van der Waals surface area contributed by atoms with Crippen LogP contribution >= 0.6 is 0 Å². The molecule has 4 unspecified atom stereocenters. The van der Waals surface area contributed by atoms with E-state index in [1.165, 1.54) is 44.2 Å². The van der Waals surface area contributed by atoms with E-state index >= 15 is 0 Å². The highest BCUT2D eigenvalue weighted by Gasteiger charge is 2.30. The molecule has 3 heteroatoms. The summed E-state index contributed by atoms with van der Waals surface area (Å²) in [4.78, 5) is 4.36. The van der Waals surface area contributed by atoms with Crippen LogP contribution in [0.25, 0.3) is 33.2 Å². The normalized spacial score (nSPS) is 22.8. The SMILES string of the molecule is C1=CC2C=C(c3ccc(C4C=C(c5cccc(-c6cccnc6)c5)NC(c5cccc6ccccc56)N4)cc3)C3=C(C=CCC3)C2C=C1. The highest BCUT2D eigenvalue weighted by molar-refractivity contribution is 5.87. The van der Waals surface area contributed by atoms with E-state index in [2.05, 4.69) is 161 Å². The van der Waals surface area contributed by atoms with E-state index in [-0.39, 0.29) is 12.2 Å². The van der Waals surface area contributed by atoms with Crippen molar-refractivity contribution in [1.29, 1.82) is 0 Å². The molecule has 1 aromatic heterocycles. The van der Waals surface area contributed by atoms with Crippen molar-refractivity contribution >= 4 is 22.0 Å². The van der Waals surface area contributed by atoms with Gasteiger partial charge in [-0.15, -0.1) is 0 Å². The Balaban J connectivity index is 1.10. The van der Waals surface area contributed by atoms with E-state index in [4.69, 9.17) is 0 Å². The number of benzene rings is 4. The van der Waals surface area contributed by atoms with Crippen LogP contribution in [-0.4, -0.2) is 4.98 Å². The fraction of sp³-hybridized carbons (Fsp3) is 0.133. The third-order valence-electron chi connectivity index (χ3n) is 10.3. The van der Waals surface area contributed by atoms with Gasteiger partial charge in [0.2, 0.25) is 0 Å². The van der Waals surface area contributed by atoms with Crippen molar-refractivity contribution in [3.05, 3.63) is 198 Å². The monoisotopic (exact) mass is 619 g/mol. The Bertz CT molecular complexity index is 2190. The smallest absolute Gasteiger partial charge is 0.105 e. The number of nitrogens with zero attached hydrogens (tertiary/aromatic N) is 1. The molecule has 0 amide bonds. The van der Waals surface area contributed by atoms with Gasteiger partial charge in [-0.1, -0.05) is 134 Å². The lowest BCUT2D eigenvalue weighted by atomic mass is 9.70. The van der Waals surface area contributed by atoms with Crippen LogP contribution in [0.15, 0.2) is 175 Å². The first kappa shape index (κ1) is 28.7. The summed E-state index contributed by atoms with van der Waals surface area (Å²) in [5, 5.41) is 10.3. The maximum absolute atomic E-state index is 4.36. The molecule has 0 spiro atoms. The van der Waals surface area contributed by atoms with E-state index in [9.17, 15) is 0 Å². The van der Waals surface area contributed by atoms with Crippen molar-refractivity contribution in [2.45, 2.75) is 25.0 Å². The Morgan fingerprint density at radius 3 is 2.46 bits per heavy atom. The van der Waals surface area contributed by atoms with Crippen molar-refractivity contribution in [2.24, 2.45) is 11.8 Å². The molecule has 0 radical (unpaired) electrons. The number of aromatic nitrogens is 1. The zero-order chi connectivity index (χ0) is 31.9. The number of pyridine rings is 1. The Kier molecular flexibility index (Phi) is 7.33. The first-order chi connectivity index (χ1) is 23.8. The van der Waals surface area contributed by atoms with Crippen molar-refractivity contribution in [3.63, 3.8) is 0 Å². The molecule has 5 aromatic rings. The van der Waals surface area contributed by atoms with Crippen molar-refractivity contribution in [1.82, 2.24) is 15.6 Å². The lowest BCUT2D eigenvalue weighted by Gasteiger charge is -2.34. The van der Waals surface area contributed by atoms with Gasteiger partial charge in [0.15, 0.2) is 0 Å². The van der Waals surface area contributed by atoms with Crippen LogP contribution in [0.3, 0.4) is 0 Å². The molecule has 3 aliphatic carbocycles. The Labute approximate surface area is 282 Å². The van der Waals surface area contributed by atoms with Crippen LogP contribution in [0, 0.1) is 11.8 Å². The van der Waals surface area contributed by atoms with Gasteiger partial charge < -0.3 is 5.32 Å². The standard InChI is InChI=1S/C45H37N3/c1-3-16-37-30(10-1)12-8-20-41(37)45-47-43(28-44(48-45)35-14-7-13-33(26-35)36-15-9-25-46-29-36)32-23-21-31(22-24-32)42-27-34-11-2-4-17-38(34)39-18-5-6-19-40(39)42/h1-5,7-18,20-29,34,38,43,45,47-48H,6,19H2. The fourth-order valence-electron chi connectivity index (χ4n) is 7.89. The van der Waals surface area contributed by atoms with Gasteiger partial charge in [-0.2, -0.15) is 0 Å². The van der Waals surface area contributed by atoms with E-state index < -0.39 is 0 Å². The van der Waals surface area contributed by atoms with E-state index in [1.807, 2.05) is 18.5 Å². The summed E-state index contributed by atoms with van der Waals surface area (Å²) in [5.74, 6) is 0.862. The molecule has 0 fully saturated rings. The Hall–Kier alpha value is -5.51. The summed E-state index contributed by atoms with van der Waals surface area (Å²) in [6, 6.07) is 37.4. The van der Waals surface area contributed by atoms with Crippen LogP contribution in [0.5, 0.6) is 0 Å². The van der Waals surface area contributed by atoms with Gasteiger partial charge in [-0.3, -0.25) is 10.3 Å². The van der Waals surface area contributed by atoms with Crippen molar-refractivity contribution < 1.29 is 0 Å². The third-order valence-corrected chi connectivity index (χ3v) is 10.3. The lowest BCUT2D eigenvalue weighted by Crippen LogP contribution is -2.39. The number of hydrogen-bond donors (Lipinski definition) is 2. The van der Waals surface area contributed by atoms with Gasteiger partial charge >= 0.3 is 0 Å². The summed E-state index contributed by atoms with van der Waals surface area (Å²) in [6.45, 7) is 0. The van der Waals surface area contributed by atoms with Gasteiger partial charge in [0.05, 0.1) is 6.04 Å². The number of hydrogen-bond acceptors (Lipinski definition) is 3. The maximum atomic E-state index is 4.36. The zero-order valence-electron chi connectivity index (χ0n) is 26.8. The molecule has 0 bridgehead atoms. The third kappa shape index (κ3) is 5.27. The molecule has 3 nitrogen and oxygen atoms in total. The largest absolute Gasteiger partial charge is 0.366 e. The number of nitrogens with one attached hydrogen (secondary N) is 2. The second kappa shape index (κ2) is 12.3. The van der Waals surface area contributed by atoms with Gasteiger partial charge in [-0.25, -0.2) is 0 Å². The minimum Gasteiger partial charge on any atom is -0.366 e. The summed E-state index contributed by atoms with van der Waals surface area (Å²) in [5.41, 5.74) is 12.7. The molecule has 232 valence electrons. The van der Waals surface area contributed by atoms with Gasteiger partial charge in [0.1, 0.15) is 6.17 Å². The summed E-state index contributed by atoms with van der Waals surface area (Å²) < 4.78 is 0. The predicted octanol–water partition coefficient (Wildman–Crippen LogP) is 10.3. The van der Waals surface area contributed by atoms with Gasteiger partial charge in [-0.05, 0) is 86.4 Å². The summed E-state index contributed by atoms with van der Waals surface area (Å²) >= 11 is 0. The van der Waals surface area contributed by atoms with Crippen LogP contribution in [0.1, 0.15) is 47.3 Å². The fourth-order valence-corrected chi connectivity index (χ4v) is 7.89. The van der Waals surface area contributed by atoms with Gasteiger partial charge in [0.25, 0.3) is 0 Å². The molecule has 4 atom stereocenters. The average molecular weight is 620 g/mol. The molecular weight excluding hydrogens is 583 g/mol. The molecule has 0 saturated heterocycles. The first-order valence-corrected chi connectivity index (χ1v) is 17.1. The summed E-state index contributed by atoms with van der Waals surface area (Å²) in [7, 11) is 0. The number of allylic oxidation sites excluding steroid dienone is 10. The van der Waals surface area contributed by atoms with Crippen LogP contribution in [0.2, 0.25) is 0 Å². The van der Waals surface area contributed by atoms with Gasteiger partial charge in [0, 0.05) is 35.5 Å². The maximum Gasteiger partial charge on any atom is 0.105 e. The average Bonchev–Trinajstić information content (AvgIpc) is 3.17. The second-order valence-electron chi connectivity index (χ2n) is 13.1. The molecule has 9 rings (SSSR count). The lowest BCUT2D eigenvalue weighted by molar-refractivity contribution is 0.445. The molecule has 48 heavy (non-hydrogen) atoms. The molecule has 2 heterocycles. The van der Waals surface area contributed by atoms with Crippen LogP contribution in [0.4, 0.5) is 0 Å². The van der Waals surface area contributed by atoms with Crippen LogP contribution < -0.4 is 10.6 Å². The quantitative estimate of drug-likeness (QED) is 0.206. The molecule has 2 N–H and O–H groups in total. The second-order valence-corrected chi connectivity index (χ2v) is 13.1. The van der Waals surface area contributed by atoms with E-state index in [0.717, 1.165) is 35.2 Å². The van der Waals surface area contributed by atoms with E-state index in [0.29, 0.717) is 11.8 Å². The van der Waals surface area contributed by atoms with Crippen molar-refractivity contribution in [3.8, 4) is 11.1 Å². The topological polar surface area (TPSA) is 37.0 Å². The highest BCUT2D eigenvalue weighted by Crippen LogP contribution is 2.45. The van der Waals surface area contributed by atoms with E-state index in [1.54, 1.807) is 0 Å². The molecule has 1 aliphatic heterocycles. The molecule has 0 saturated carbocycles. The highest BCUT2D eigenvalue weighted by atomic mass is 15.2. The zero-order valence-corrected chi connectivity index (χ0v) is 26.8. The Morgan fingerprint density at radius 2 is 1.54 bits per heavy atom. The minimum absolute atomic E-state index is 0.0184. The first-order valence-electron chi connectivity index (χ1n) is 17.1. The number of fused-ring (bicyclic) bond motifs is 3. The molecule has 4 aromatic carbocycles. The predicted molar refractivity (Wildman–Crippen MR) is 198 cm³/mol. The minimum atomic E-state index is -0.0753. The van der Waals surface area contributed by atoms with Crippen molar-refractivity contribution in [2.75, 3.05) is 0 Å². The molecule has 4 aliphatic rings. The molecular formula is C45H37N3. The van der Waals surface area contributed by atoms with Crippen LogP contribution in [-0.2, 0) is 0 Å². The summed E-state index contributed by atoms with van der Waals surface area (Å²) in [6.07, 6.45) is 24.6.